The zero-order chi connectivity index (χ0) is 17.5. The van der Waals surface area contributed by atoms with E-state index in [0.29, 0.717) is 18.4 Å². The molecule has 25 heavy (non-hydrogen) atoms. The lowest BCUT2D eigenvalue weighted by atomic mass is 9.90. The van der Waals surface area contributed by atoms with E-state index in [1.54, 1.807) is 7.11 Å². The van der Waals surface area contributed by atoms with E-state index in [0.717, 1.165) is 64.3 Å². The van der Waals surface area contributed by atoms with E-state index < -0.39 is 0 Å². The summed E-state index contributed by atoms with van der Waals surface area (Å²) in [4.78, 5) is 14.4. The number of rotatable bonds is 7. The molecule has 2 heterocycles. The highest BCUT2D eigenvalue weighted by molar-refractivity contribution is 5.78. The molecular weight excluding hydrogens is 316 g/mol. The molecule has 1 atom stereocenters. The SMILES string of the molecule is COc1ccccc1CC1CCN(CC(=O)NCC2CCOC2)CC1. The lowest BCUT2D eigenvalue weighted by molar-refractivity contribution is -0.122. The molecule has 0 aromatic heterocycles. The molecule has 2 saturated heterocycles. The quantitative estimate of drug-likeness (QED) is 0.821. The Morgan fingerprint density at radius 3 is 2.76 bits per heavy atom. The third kappa shape index (κ3) is 5.44. The van der Waals surface area contributed by atoms with Gasteiger partial charge in [0.15, 0.2) is 0 Å². The van der Waals surface area contributed by atoms with E-state index in [1.807, 2.05) is 12.1 Å². The summed E-state index contributed by atoms with van der Waals surface area (Å²) in [6, 6.07) is 8.28. The van der Waals surface area contributed by atoms with Gasteiger partial charge in [0.25, 0.3) is 0 Å². The molecule has 1 N–H and O–H groups in total. The van der Waals surface area contributed by atoms with Gasteiger partial charge in [-0.25, -0.2) is 0 Å². The van der Waals surface area contributed by atoms with Gasteiger partial charge in [-0.05, 0) is 56.3 Å². The summed E-state index contributed by atoms with van der Waals surface area (Å²) in [6.07, 6.45) is 4.41. The molecule has 3 rings (SSSR count). The van der Waals surface area contributed by atoms with Crippen LogP contribution in [0.3, 0.4) is 0 Å². The monoisotopic (exact) mass is 346 g/mol. The minimum atomic E-state index is 0.148. The Hall–Kier alpha value is -1.59. The van der Waals surface area contributed by atoms with Gasteiger partial charge in [-0.2, -0.15) is 0 Å². The molecule has 0 radical (unpaired) electrons. The highest BCUT2D eigenvalue weighted by Gasteiger charge is 2.22. The summed E-state index contributed by atoms with van der Waals surface area (Å²) in [7, 11) is 1.73. The second-order valence-corrected chi connectivity index (χ2v) is 7.27. The highest BCUT2D eigenvalue weighted by Crippen LogP contribution is 2.26. The number of carbonyl (C=O) groups excluding carboxylic acids is 1. The fourth-order valence-electron chi connectivity index (χ4n) is 3.79. The molecule has 1 aromatic carbocycles. The Labute approximate surface area is 150 Å². The third-order valence-electron chi connectivity index (χ3n) is 5.39. The lowest BCUT2D eigenvalue weighted by Crippen LogP contribution is -2.42. The molecule has 0 aliphatic carbocycles. The number of hydrogen-bond donors (Lipinski definition) is 1. The maximum absolute atomic E-state index is 12.1. The Bertz CT molecular complexity index is 550. The molecular formula is C20H30N2O3. The van der Waals surface area contributed by atoms with Crippen LogP contribution in [0, 0.1) is 11.8 Å². The van der Waals surface area contributed by atoms with Crippen molar-refractivity contribution in [1.82, 2.24) is 10.2 Å². The smallest absolute Gasteiger partial charge is 0.234 e. The predicted molar refractivity (Wildman–Crippen MR) is 97.8 cm³/mol. The normalized spacial score (nSPS) is 22.0. The van der Waals surface area contributed by atoms with E-state index in [9.17, 15) is 4.79 Å². The molecule has 0 saturated carbocycles. The molecule has 2 aliphatic rings. The van der Waals surface area contributed by atoms with Crippen LogP contribution in [-0.2, 0) is 16.0 Å². The fraction of sp³-hybridized carbons (Fsp3) is 0.650. The number of ether oxygens (including phenoxy) is 2. The number of amides is 1. The average molecular weight is 346 g/mol. The van der Waals surface area contributed by atoms with Crippen LogP contribution in [0.1, 0.15) is 24.8 Å². The van der Waals surface area contributed by atoms with Gasteiger partial charge in [-0.1, -0.05) is 18.2 Å². The van der Waals surface area contributed by atoms with Crippen molar-refractivity contribution in [3.05, 3.63) is 29.8 Å². The number of benzene rings is 1. The van der Waals surface area contributed by atoms with Gasteiger partial charge in [0.05, 0.1) is 20.3 Å². The van der Waals surface area contributed by atoms with Crippen molar-refractivity contribution in [2.75, 3.05) is 46.5 Å². The molecule has 1 amide bonds. The summed E-state index contributed by atoms with van der Waals surface area (Å²) in [5, 5.41) is 3.06. The lowest BCUT2D eigenvalue weighted by Gasteiger charge is -2.31. The van der Waals surface area contributed by atoms with Crippen molar-refractivity contribution in [3.63, 3.8) is 0 Å². The van der Waals surface area contributed by atoms with Gasteiger partial charge < -0.3 is 14.8 Å². The van der Waals surface area contributed by atoms with Crippen LogP contribution in [0.4, 0.5) is 0 Å². The van der Waals surface area contributed by atoms with E-state index in [1.165, 1.54) is 5.56 Å². The zero-order valence-electron chi connectivity index (χ0n) is 15.2. The molecule has 2 aliphatic heterocycles. The Balaban J connectivity index is 1.37. The topological polar surface area (TPSA) is 50.8 Å². The summed E-state index contributed by atoms with van der Waals surface area (Å²) >= 11 is 0. The highest BCUT2D eigenvalue weighted by atomic mass is 16.5. The predicted octanol–water partition coefficient (Wildman–Crippen LogP) is 2.10. The second-order valence-electron chi connectivity index (χ2n) is 7.27. The molecule has 5 heteroatoms. The van der Waals surface area contributed by atoms with Gasteiger partial charge in [-0.15, -0.1) is 0 Å². The molecule has 2 fully saturated rings. The average Bonchev–Trinajstić information content (AvgIpc) is 3.16. The van der Waals surface area contributed by atoms with Crippen molar-refractivity contribution in [1.29, 1.82) is 0 Å². The van der Waals surface area contributed by atoms with Crippen LogP contribution in [0.25, 0.3) is 0 Å². The first-order chi connectivity index (χ1) is 12.2. The summed E-state index contributed by atoms with van der Waals surface area (Å²) in [5.74, 6) is 2.30. The Morgan fingerprint density at radius 1 is 1.24 bits per heavy atom. The number of methoxy groups -OCH3 is 1. The zero-order valence-corrected chi connectivity index (χ0v) is 15.2. The van der Waals surface area contributed by atoms with Crippen LogP contribution >= 0.6 is 0 Å². The number of carbonyl (C=O) groups is 1. The minimum absolute atomic E-state index is 0.148. The number of nitrogens with one attached hydrogen (secondary N) is 1. The van der Waals surface area contributed by atoms with Crippen molar-refractivity contribution in [3.8, 4) is 5.75 Å². The second kappa shape index (κ2) is 9.20. The number of piperidine rings is 1. The van der Waals surface area contributed by atoms with Gasteiger partial charge in [0.2, 0.25) is 5.91 Å². The van der Waals surface area contributed by atoms with Crippen molar-refractivity contribution >= 4 is 5.91 Å². The third-order valence-corrected chi connectivity index (χ3v) is 5.39. The molecule has 138 valence electrons. The van der Waals surface area contributed by atoms with E-state index in [2.05, 4.69) is 22.3 Å². The first-order valence-corrected chi connectivity index (χ1v) is 9.43. The molecule has 1 aromatic rings. The summed E-state index contributed by atoms with van der Waals surface area (Å²) < 4.78 is 10.8. The van der Waals surface area contributed by atoms with Crippen molar-refractivity contribution < 1.29 is 14.3 Å². The van der Waals surface area contributed by atoms with Gasteiger partial charge in [-0.3, -0.25) is 9.69 Å². The van der Waals surface area contributed by atoms with Gasteiger partial charge in [0.1, 0.15) is 5.75 Å². The van der Waals surface area contributed by atoms with Crippen LogP contribution < -0.4 is 10.1 Å². The molecule has 0 spiro atoms. The van der Waals surface area contributed by atoms with Crippen LogP contribution in [0.5, 0.6) is 5.75 Å². The van der Waals surface area contributed by atoms with Crippen molar-refractivity contribution in [2.45, 2.75) is 25.7 Å². The molecule has 0 bridgehead atoms. The fourth-order valence-corrected chi connectivity index (χ4v) is 3.79. The van der Waals surface area contributed by atoms with E-state index in [-0.39, 0.29) is 5.91 Å². The number of nitrogens with zero attached hydrogens (tertiary/aromatic N) is 1. The maximum Gasteiger partial charge on any atom is 0.234 e. The maximum atomic E-state index is 12.1. The summed E-state index contributed by atoms with van der Waals surface area (Å²) in [6.45, 7) is 4.90. The Kier molecular flexibility index (Phi) is 6.70. The molecule has 5 nitrogen and oxygen atoms in total. The van der Waals surface area contributed by atoms with E-state index in [4.69, 9.17) is 9.47 Å². The Morgan fingerprint density at radius 2 is 2.04 bits per heavy atom. The number of likely N-dealkylation sites (tertiary alicyclic amines) is 1. The van der Waals surface area contributed by atoms with Crippen LogP contribution in [0.2, 0.25) is 0 Å². The molecule has 1 unspecified atom stereocenters. The standard InChI is InChI=1S/C20H30N2O3/c1-24-19-5-3-2-4-18(19)12-16-6-9-22(10-7-16)14-20(23)21-13-17-8-11-25-15-17/h2-5,16-17H,6-15H2,1H3,(H,21,23). The minimum Gasteiger partial charge on any atom is -0.496 e. The number of para-hydroxylation sites is 1. The number of hydrogen-bond acceptors (Lipinski definition) is 4. The summed E-state index contributed by atoms with van der Waals surface area (Å²) in [5.41, 5.74) is 1.29. The first kappa shape index (κ1) is 18.2. The van der Waals surface area contributed by atoms with Gasteiger partial charge in [0, 0.05) is 19.1 Å². The van der Waals surface area contributed by atoms with Crippen LogP contribution in [-0.4, -0.2) is 57.3 Å². The first-order valence-electron chi connectivity index (χ1n) is 9.43. The van der Waals surface area contributed by atoms with Crippen LogP contribution in [0.15, 0.2) is 24.3 Å². The van der Waals surface area contributed by atoms with Crippen molar-refractivity contribution in [2.24, 2.45) is 11.8 Å². The van der Waals surface area contributed by atoms with Gasteiger partial charge >= 0.3 is 0 Å². The van der Waals surface area contributed by atoms with E-state index >= 15 is 0 Å². The largest absolute Gasteiger partial charge is 0.496 e.